The number of likely N-dealkylation sites (N-methyl/N-ethyl adjacent to an activating group) is 1. The number of hydrazine groups is 1. The Balaban J connectivity index is 1.43. The van der Waals surface area contributed by atoms with E-state index < -0.39 is 29.7 Å². The Kier molecular flexibility index (Phi) is 8.10. The minimum Gasteiger partial charge on any atom is -0.444 e. The molecule has 38 heavy (non-hydrogen) atoms. The van der Waals surface area contributed by atoms with Gasteiger partial charge in [0.05, 0.1) is 6.04 Å². The Morgan fingerprint density at radius 1 is 1.08 bits per heavy atom. The molecule has 10 heteroatoms. The SMILES string of the molecule is CC(C(=O)NC1CCCN2CC=C(C(=O)NC3CCCc4ccccc43)N2C1=O)N(C)C(=O)OC(C)(C)C. The van der Waals surface area contributed by atoms with E-state index in [2.05, 4.69) is 16.7 Å². The van der Waals surface area contributed by atoms with Gasteiger partial charge < -0.3 is 15.4 Å². The smallest absolute Gasteiger partial charge is 0.410 e. The van der Waals surface area contributed by atoms with Crippen LogP contribution in [0, 0.1) is 0 Å². The molecule has 10 nitrogen and oxygen atoms in total. The van der Waals surface area contributed by atoms with Gasteiger partial charge in [0, 0.05) is 20.1 Å². The Morgan fingerprint density at radius 3 is 2.53 bits per heavy atom. The van der Waals surface area contributed by atoms with Gasteiger partial charge in [-0.1, -0.05) is 24.3 Å². The lowest BCUT2D eigenvalue weighted by atomic mass is 9.87. The summed E-state index contributed by atoms with van der Waals surface area (Å²) < 4.78 is 5.36. The lowest BCUT2D eigenvalue weighted by Crippen LogP contribution is -2.55. The number of hydrogen-bond donors (Lipinski definition) is 2. The number of amides is 4. The highest BCUT2D eigenvalue weighted by atomic mass is 16.6. The fourth-order valence-electron chi connectivity index (χ4n) is 5.13. The maximum Gasteiger partial charge on any atom is 0.410 e. The monoisotopic (exact) mass is 525 g/mol. The van der Waals surface area contributed by atoms with E-state index in [0.29, 0.717) is 25.9 Å². The number of ether oxygens (including phenoxy) is 1. The van der Waals surface area contributed by atoms with Crippen LogP contribution in [0.25, 0.3) is 0 Å². The van der Waals surface area contributed by atoms with Gasteiger partial charge in [0.1, 0.15) is 23.4 Å². The van der Waals surface area contributed by atoms with E-state index in [1.165, 1.54) is 22.5 Å². The van der Waals surface area contributed by atoms with Crippen LogP contribution in [-0.4, -0.2) is 76.6 Å². The molecule has 0 radical (unpaired) electrons. The maximum absolute atomic E-state index is 13.6. The number of fused-ring (bicyclic) bond motifs is 2. The first-order chi connectivity index (χ1) is 18.0. The number of hydrogen-bond acceptors (Lipinski definition) is 6. The van der Waals surface area contributed by atoms with Crippen molar-refractivity contribution in [2.24, 2.45) is 0 Å². The van der Waals surface area contributed by atoms with Crippen LogP contribution in [0.5, 0.6) is 0 Å². The molecule has 2 aliphatic heterocycles. The second-order valence-corrected chi connectivity index (χ2v) is 11.2. The molecule has 0 saturated carbocycles. The molecule has 1 aliphatic carbocycles. The van der Waals surface area contributed by atoms with Crippen molar-refractivity contribution >= 4 is 23.8 Å². The van der Waals surface area contributed by atoms with Crippen molar-refractivity contribution < 1.29 is 23.9 Å². The molecular weight excluding hydrogens is 486 g/mol. The second kappa shape index (κ2) is 11.1. The van der Waals surface area contributed by atoms with Gasteiger partial charge in [0.2, 0.25) is 5.91 Å². The van der Waals surface area contributed by atoms with Gasteiger partial charge in [-0.25, -0.2) is 14.8 Å². The summed E-state index contributed by atoms with van der Waals surface area (Å²) in [6.07, 6.45) is 5.07. The molecule has 206 valence electrons. The van der Waals surface area contributed by atoms with Crippen molar-refractivity contribution in [1.82, 2.24) is 25.6 Å². The number of nitrogens with zero attached hydrogens (tertiary/aromatic N) is 3. The molecule has 2 heterocycles. The zero-order valence-electron chi connectivity index (χ0n) is 23.0. The highest BCUT2D eigenvalue weighted by Crippen LogP contribution is 2.31. The summed E-state index contributed by atoms with van der Waals surface area (Å²) in [4.78, 5) is 53.7. The van der Waals surface area contributed by atoms with Crippen molar-refractivity contribution in [2.75, 3.05) is 20.1 Å². The quantitative estimate of drug-likeness (QED) is 0.612. The number of carbonyl (C=O) groups excluding carboxylic acids is 4. The predicted molar refractivity (Wildman–Crippen MR) is 141 cm³/mol. The molecule has 1 aromatic carbocycles. The van der Waals surface area contributed by atoms with Gasteiger partial charge in [0.15, 0.2) is 0 Å². The number of aryl methyl sites for hydroxylation is 1. The average Bonchev–Trinajstić information content (AvgIpc) is 3.23. The topological polar surface area (TPSA) is 111 Å². The molecule has 1 fully saturated rings. The summed E-state index contributed by atoms with van der Waals surface area (Å²) in [5, 5.41) is 9.21. The second-order valence-electron chi connectivity index (χ2n) is 11.2. The summed E-state index contributed by atoms with van der Waals surface area (Å²) in [5.74, 6) is -1.11. The zero-order valence-corrected chi connectivity index (χ0v) is 23.0. The first-order valence-electron chi connectivity index (χ1n) is 13.4. The van der Waals surface area contributed by atoms with Crippen molar-refractivity contribution in [3.63, 3.8) is 0 Å². The van der Waals surface area contributed by atoms with E-state index in [4.69, 9.17) is 4.74 Å². The van der Waals surface area contributed by atoms with Crippen molar-refractivity contribution in [3.05, 3.63) is 47.2 Å². The molecule has 0 spiro atoms. The molecular formula is C28H39N5O5. The van der Waals surface area contributed by atoms with Crippen LogP contribution in [0.2, 0.25) is 0 Å². The van der Waals surface area contributed by atoms with E-state index >= 15 is 0 Å². The normalized spacial score (nSPS) is 22.4. The Labute approximate surface area is 224 Å². The number of nitrogens with one attached hydrogen (secondary N) is 2. The predicted octanol–water partition coefficient (Wildman–Crippen LogP) is 2.66. The lowest BCUT2D eigenvalue weighted by molar-refractivity contribution is -0.146. The summed E-state index contributed by atoms with van der Waals surface area (Å²) in [7, 11) is 1.49. The maximum atomic E-state index is 13.6. The summed E-state index contributed by atoms with van der Waals surface area (Å²) in [6.45, 7) is 7.89. The molecule has 0 aromatic heterocycles. The third-order valence-electron chi connectivity index (χ3n) is 7.29. The fourth-order valence-corrected chi connectivity index (χ4v) is 5.13. The van der Waals surface area contributed by atoms with Gasteiger partial charge >= 0.3 is 6.09 Å². The first kappa shape index (κ1) is 27.6. The molecule has 2 N–H and O–H groups in total. The van der Waals surface area contributed by atoms with E-state index in [1.54, 1.807) is 33.8 Å². The van der Waals surface area contributed by atoms with Crippen molar-refractivity contribution in [2.45, 2.75) is 83.5 Å². The Bertz CT molecular complexity index is 1130. The van der Waals surface area contributed by atoms with Crippen LogP contribution in [0.3, 0.4) is 0 Å². The molecule has 4 amide bonds. The van der Waals surface area contributed by atoms with E-state index in [-0.39, 0.29) is 23.6 Å². The van der Waals surface area contributed by atoms with E-state index in [1.807, 2.05) is 23.2 Å². The van der Waals surface area contributed by atoms with E-state index in [9.17, 15) is 19.2 Å². The summed E-state index contributed by atoms with van der Waals surface area (Å²) in [5.41, 5.74) is 1.96. The molecule has 3 aliphatic rings. The van der Waals surface area contributed by atoms with Gasteiger partial charge in [0.25, 0.3) is 11.8 Å². The van der Waals surface area contributed by atoms with Gasteiger partial charge in [-0.15, -0.1) is 0 Å². The van der Waals surface area contributed by atoms with Gasteiger partial charge in [-0.3, -0.25) is 19.3 Å². The minimum atomic E-state index is -0.847. The standard InChI is InChI=1S/C28H39N5O5/c1-18(31(5)27(37)38-28(2,3)4)24(34)30-22-14-9-16-32-17-15-23(33(32)26(22)36)25(35)29-21-13-8-11-19-10-6-7-12-20(19)21/h6-7,10,12,15,18,21-22H,8-9,11,13-14,16-17H2,1-5H3,(H,29,35)(H,30,34). The number of carbonyl (C=O) groups is 4. The Morgan fingerprint density at radius 2 is 1.79 bits per heavy atom. The summed E-state index contributed by atoms with van der Waals surface area (Å²) in [6, 6.07) is 6.37. The third kappa shape index (κ3) is 6.01. The highest BCUT2D eigenvalue weighted by Gasteiger charge is 2.41. The summed E-state index contributed by atoms with van der Waals surface area (Å²) >= 11 is 0. The van der Waals surface area contributed by atoms with Crippen molar-refractivity contribution in [3.8, 4) is 0 Å². The van der Waals surface area contributed by atoms with Crippen LogP contribution in [0.4, 0.5) is 4.79 Å². The van der Waals surface area contributed by atoms with Crippen LogP contribution in [0.1, 0.15) is 70.5 Å². The van der Waals surface area contributed by atoms with Crippen LogP contribution in [-0.2, 0) is 25.5 Å². The first-order valence-corrected chi connectivity index (χ1v) is 13.4. The van der Waals surface area contributed by atoms with Crippen molar-refractivity contribution in [1.29, 1.82) is 0 Å². The largest absolute Gasteiger partial charge is 0.444 e. The molecule has 3 atom stereocenters. The molecule has 1 saturated heterocycles. The number of rotatable bonds is 5. The van der Waals surface area contributed by atoms with Crippen LogP contribution in [0.15, 0.2) is 36.0 Å². The molecule has 3 unspecified atom stereocenters. The zero-order chi connectivity index (χ0) is 27.6. The third-order valence-corrected chi connectivity index (χ3v) is 7.29. The van der Waals surface area contributed by atoms with Crippen LogP contribution >= 0.6 is 0 Å². The molecule has 1 aromatic rings. The van der Waals surface area contributed by atoms with Gasteiger partial charge in [-0.05, 0) is 77.0 Å². The lowest BCUT2D eigenvalue weighted by Gasteiger charge is -2.32. The Hall–Kier alpha value is -3.40. The molecule has 4 rings (SSSR count). The average molecular weight is 526 g/mol. The van der Waals surface area contributed by atoms with Gasteiger partial charge in [-0.2, -0.15) is 0 Å². The number of benzene rings is 1. The molecule has 0 bridgehead atoms. The minimum absolute atomic E-state index is 0.107. The highest BCUT2D eigenvalue weighted by molar-refractivity contribution is 6.00. The van der Waals surface area contributed by atoms with Crippen LogP contribution < -0.4 is 10.6 Å². The fraction of sp³-hybridized carbons (Fsp3) is 0.571. The van der Waals surface area contributed by atoms with E-state index in [0.717, 1.165) is 24.8 Å².